The van der Waals surface area contributed by atoms with Gasteiger partial charge in [0, 0.05) is 5.69 Å². The summed E-state index contributed by atoms with van der Waals surface area (Å²) in [5.41, 5.74) is 2.67. The lowest BCUT2D eigenvalue weighted by atomic mass is 9.87. The van der Waals surface area contributed by atoms with Gasteiger partial charge in [0.15, 0.2) is 0 Å². The second-order valence-corrected chi connectivity index (χ2v) is 8.92. The predicted octanol–water partition coefficient (Wildman–Crippen LogP) is 4.98. The van der Waals surface area contributed by atoms with E-state index in [0.29, 0.717) is 17.9 Å². The van der Waals surface area contributed by atoms with Crippen molar-refractivity contribution >= 4 is 23.2 Å². The number of para-hydroxylation sites is 2. The Morgan fingerprint density at radius 3 is 2.10 bits per heavy atom. The Balaban J connectivity index is 1.56. The van der Waals surface area contributed by atoms with Gasteiger partial charge in [-0.2, -0.15) is 0 Å². The third-order valence-electron chi connectivity index (χ3n) is 4.99. The molecule has 0 aliphatic heterocycles. The molecule has 2 amide bonds. The van der Waals surface area contributed by atoms with E-state index in [2.05, 4.69) is 31.4 Å². The Labute approximate surface area is 172 Å². The van der Waals surface area contributed by atoms with Gasteiger partial charge in [-0.3, -0.25) is 9.59 Å². The van der Waals surface area contributed by atoms with E-state index in [1.807, 2.05) is 62.4 Å². The fraction of sp³-hybridized carbons (Fsp3) is 0.417. The molecule has 154 valence electrons. The van der Waals surface area contributed by atoms with E-state index in [0.717, 1.165) is 5.69 Å². The first-order chi connectivity index (χ1) is 13.6. The Bertz CT molecular complexity index is 882. The minimum atomic E-state index is -0.309. The number of carbonyl (C=O) groups excluding carboxylic acids is 2. The quantitative estimate of drug-likeness (QED) is 0.726. The van der Waals surface area contributed by atoms with Crippen LogP contribution in [-0.2, 0) is 15.0 Å². The zero-order valence-corrected chi connectivity index (χ0v) is 17.8. The van der Waals surface area contributed by atoms with Gasteiger partial charge >= 0.3 is 0 Å². The zero-order valence-electron chi connectivity index (χ0n) is 17.8. The maximum Gasteiger partial charge on any atom is 0.228 e. The van der Waals surface area contributed by atoms with E-state index in [1.165, 1.54) is 5.56 Å². The molecule has 3 rings (SSSR count). The van der Waals surface area contributed by atoms with Crippen LogP contribution < -0.4 is 15.4 Å². The highest BCUT2D eigenvalue weighted by Crippen LogP contribution is 2.41. The highest BCUT2D eigenvalue weighted by atomic mass is 16.5. The third kappa shape index (κ3) is 5.37. The van der Waals surface area contributed by atoms with E-state index < -0.39 is 0 Å². The molecule has 5 nitrogen and oxygen atoms in total. The molecule has 1 aliphatic rings. The molecule has 0 radical (unpaired) electrons. The van der Waals surface area contributed by atoms with Gasteiger partial charge in [-0.15, -0.1) is 0 Å². The van der Waals surface area contributed by atoms with Crippen LogP contribution in [0.15, 0.2) is 48.5 Å². The highest BCUT2D eigenvalue weighted by molar-refractivity contribution is 6.03. The standard InChI is InChI=1S/C24H30N2O3/c1-15(2)29-21-9-7-6-8-20(21)26-23(28)19-14-18(19)22(27)25-17-12-10-16(11-13-17)24(3,4)5/h6-13,15,18-19H,14H2,1-5H3,(H,25,27)(H,26,28). The Kier molecular flexibility index (Phi) is 5.96. The lowest BCUT2D eigenvalue weighted by Crippen LogP contribution is -2.21. The second kappa shape index (κ2) is 8.27. The summed E-state index contributed by atoms with van der Waals surface area (Å²) in [4.78, 5) is 25.1. The number of benzene rings is 2. The van der Waals surface area contributed by atoms with Crippen LogP contribution in [-0.4, -0.2) is 17.9 Å². The maximum absolute atomic E-state index is 12.6. The van der Waals surface area contributed by atoms with E-state index >= 15 is 0 Å². The van der Waals surface area contributed by atoms with Gasteiger partial charge in [0.25, 0.3) is 0 Å². The van der Waals surface area contributed by atoms with Crippen LogP contribution in [0.25, 0.3) is 0 Å². The Morgan fingerprint density at radius 2 is 1.52 bits per heavy atom. The minimum absolute atomic E-state index is 0.0113. The number of carbonyl (C=O) groups is 2. The topological polar surface area (TPSA) is 67.4 Å². The molecule has 0 heterocycles. The van der Waals surface area contributed by atoms with Crippen LogP contribution in [0.4, 0.5) is 11.4 Å². The summed E-state index contributed by atoms with van der Waals surface area (Å²) in [6.45, 7) is 10.3. The lowest BCUT2D eigenvalue weighted by molar-refractivity contribution is -0.122. The molecule has 1 saturated carbocycles. The van der Waals surface area contributed by atoms with Crippen LogP contribution in [0.1, 0.15) is 46.6 Å². The molecule has 1 aliphatic carbocycles. The molecule has 2 aromatic carbocycles. The van der Waals surface area contributed by atoms with Crippen molar-refractivity contribution in [3.8, 4) is 5.75 Å². The second-order valence-electron chi connectivity index (χ2n) is 8.92. The average molecular weight is 395 g/mol. The van der Waals surface area contributed by atoms with E-state index in [9.17, 15) is 9.59 Å². The fourth-order valence-corrected chi connectivity index (χ4v) is 3.22. The molecule has 0 aromatic heterocycles. The first kappa shape index (κ1) is 20.9. The number of hydrogen-bond donors (Lipinski definition) is 2. The summed E-state index contributed by atoms with van der Waals surface area (Å²) < 4.78 is 5.74. The van der Waals surface area contributed by atoms with Crippen molar-refractivity contribution < 1.29 is 14.3 Å². The molecule has 0 bridgehead atoms. The van der Waals surface area contributed by atoms with E-state index in [4.69, 9.17) is 4.74 Å². The molecule has 2 N–H and O–H groups in total. The van der Waals surface area contributed by atoms with Crippen LogP contribution >= 0.6 is 0 Å². The SMILES string of the molecule is CC(C)Oc1ccccc1NC(=O)C1CC1C(=O)Nc1ccc(C(C)(C)C)cc1. The number of rotatable bonds is 6. The summed E-state index contributed by atoms with van der Waals surface area (Å²) in [5.74, 6) is -0.226. The van der Waals surface area contributed by atoms with E-state index in [-0.39, 0.29) is 35.2 Å². The van der Waals surface area contributed by atoms with Crippen LogP contribution in [0, 0.1) is 11.8 Å². The monoisotopic (exact) mass is 394 g/mol. The molecular weight excluding hydrogens is 364 g/mol. The third-order valence-corrected chi connectivity index (χ3v) is 4.99. The average Bonchev–Trinajstić information content (AvgIpc) is 3.44. The van der Waals surface area contributed by atoms with Crippen LogP contribution in [0.3, 0.4) is 0 Å². The number of anilines is 2. The Hall–Kier alpha value is -2.82. The first-order valence-electron chi connectivity index (χ1n) is 10.1. The summed E-state index contributed by atoms with van der Waals surface area (Å²) >= 11 is 0. The summed E-state index contributed by atoms with van der Waals surface area (Å²) in [7, 11) is 0. The predicted molar refractivity (Wildman–Crippen MR) is 116 cm³/mol. The molecule has 5 heteroatoms. The normalized spacial score (nSPS) is 18.3. The van der Waals surface area contributed by atoms with Crippen molar-refractivity contribution in [2.75, 3.05) is 10.6 Å². The van der Waals surface area contributed by atoms with Crippen molar-refractivity contribution in [1.29, 1.82) is 0 Å². The van der Waals surface area contributed by atoms with Crippen molar-refractivity contribution in [2.45, 2.75) is 52.6 Å². The molecular formula is C24H30N2O3. The summed E-state index contributed by atoms with van der Waals surface area (Å²) in [6, 6.07) is 15.2. The molecule has 29 heavy (non-hydrogen) atoms. The molecule has 0 spiro atoms. The zero-order chi connectivity index (χ0) is 21.2. The number of hydrogen-bond acceptors (Lipinski definition) is 3. The van der Waals surface area contributed by atoms with Crippen LogP contribution in [0.2, 0.25) is 0 Å². The molecule has 2 atom stereocenters. The molecule has 0 saturated heterocycles. The number of nitrogens with one attached hydrogen (secondary N) is 2. The fourth-order valence-electron chi connectivity index (χ4n) is 3.22. The van der Waals surface area contributed by atoms with Gasteiger partial charge in [0.1, 0.15) is 5.75 Å². The molecule has 2 aromatic rings. The van der Waals surface area contributed by atoms with Crippen molar-refractivity contribution in [3.05, 3.63) is 54.1 Å². The maximum atomic E-state index is 12.6. The highest BCUT2D eigenvalue weighted by Gasteiger charge is 2.48. The minimum Gasteiger partial charge on any atom is -0.489 e. The van der Waals surface area contributed by atoms with Gasteiger partial charge in [0.2, 0.25) is 11.8 Å². The largest absolute Gasteiger partial charge is 0.489 e. The summed E-state index contributed by atoms with van der Waals surface area (Å²) in [5, 5.41) is 5.83. The van der Waals surface area contributed by atoms with Gasteiger partial charge in [-0.05, 0) is 55.5 Å². The van der Waals surface area contributed by atoms with E-state index in [1.54, 1.807) is 0 Å². The summed E-state index contributed by atoms with van der Waals surface area (Å²) in [6.07, 6.45) is 0.572. The van der Waals surface area contributed by atoms with Gasteiger partial charge in [-0.1, -0.05) is 45.0 Å². The lowest BCUT2D eigenvalue weighted by Gasteiger charge is -2.19. The number of ether oxygens (including phenoxy) is 1. The Morgan fingerprint density at radius 1 is 0.931 bits per heavy atom. The van der Waals surface area contributed by atoms with Crippen molar-refractivity contribution in [2.24, 2.45) is 11.8 Å². The van der Waals surface area contributed by atoms with Crippen molar-refractivity contribution in [3.63, 3.8) is 0 Å². The first-order valence-corrected chi connectivity index (χ1v) is 10.1. The smallest absolute Gasteiger partial charge is 0.228 e. The van der Waals surface area contributed by atoms with Gasteiger partial charge in [-0.25, -0.2) is 0 Å². The van der Waals surface area contributed by atoms with Crippen molar-refractivity contribution in [1.82, 2.24) is 0 Å². The van der Waals surface area contributed by atoms with Crippen LogP contribution in [0.5, 0.6) is 5.75 Å². The van der Waals surface area contributed by atoms with Gasteiger partial charge in [0.05, 0.1) is 23.6 Å². The molecule has 2 unspecified atom stereocenters. The van der Waals surface area contributed by atoms with Gasteiger partial charge < -0.3 is 15.4 Å². The number of amides is 2. The molecule has 1 fully saturated rings.